The van der Waals surface area contributed by atoms with Crippen molar-refractivity contribution >= 4 is 39.5 Å². The lowest BCUT2D eigenvalue weighted by atomic mass is 10.0. The first kappa shape index (κ1) is 63.1. The lowest BCUT2D eigenvalue weighted by Gasteiger charge is -2.21. The van der Waals surface area contributed by atoms with Crippen LogP contribution in [0.4, 0.5) is 0 Å². The summed E-state index contributed by atoms with van der Waals surface area (Å²) in [5, 5.41) is 10.3. The number of unbranched alkanes of at least 4 members (excludes halogenated alkanes) is 21. The molecule has 0 aromatic carbocycles. The van der Waals surface area contributed by atoms with E-state index in [0.717, 1.165) is 70.6 Å². The third-order valence-corrected chi connectivity index (χ3v) is 12.3. The molecule has 0 spiro atoms. The lowest BCUT2D eigenvalue weighted by Crippen LogP contribution is -2.30. The quantitative estimate of drug-likeness (QED) is 0.0222. The summed E-state index contributed by atoms with van der Waals surface area (Å²) < 4.78 is 66.3. The van der Waals surface area contributed by atoms with Crippen molar-refractivity contribution in [1.82, 2.24) is 0 Å². The number of phosphoric ester groups is 2. The summed E-state index contributed by atoms with van der Waals surface area (Å²) >= 11 is 0. The van der Waals surface area contributed by atoms with Gasteiger partial charge in [-0.2, -0.15) is 0 Å². The maximum Gasteiger partial charge on any atom is 0.472 e. The number of esters is 4. The van der Waals surface area contributed by atoms with E-state index >= 15 is 0 Å². The predicted octanol–water partition coefficient (Wildman–Crippen LogP) is 10.9. The van der Waals surface area contributed by atoms with Crippen LogP contribution < -0.4 is 0 Å². The van der Waals surface area contributed by atoms with Crippen molar-refractivity contribution in [3.05, 3.63) is 0 Å². The number of ether oxygens (including phenoxy) is 4. The zero-order chi connectivity index (χ0) is 48.4. The molecule has 0 aliphatic rings. The number of carbonyl (C=O) groups excluding carboxylic acids is 4. The second-order valence-corrected chi connectivity index (χ2v) is 19.7. The highest BCUT2D eigenvalue weighted by atomic mass is 31.2. The van der Waals surface area contributed by atoms with Crippen LogP contribution >= 0.6 is 15.6 Å². The normalized spacial score (nSPS) is 14.8. The van der Waals surface area contributed by atoms with Crippen LogP contribution in [-0.2, 0) is 65.4 Å². The largest absolute Gasteiger partial charge is 0.472 e. The summed E-state index contributed by atoms with van der Waals surface area (Å²) in [6.07, 6.45) is 21.8. The van der Waals surface area contributed by atoms with E-state index in [1.807, 2.05) is 13.8 Å². The van der Waals surface area contributed by atoms with Crippen molar-refractivity contribution in [2.24, 2.45) is 0 Å². The highest BCUT2D eigenvalue weighted by Gasteiger charge is 2.30. The van der Waals surface area contributed by atoms with E-state index in [2.05, 4.69) is 13.8 Å². The van der Waals surface area contributed by atoms with Crippen LogP contribution in [0, 0.1) is 0 Å². The van der Waals surface area contributed by atoms with Crippen molar-refractivity contribution in [3.63, 3.8) is 0 Å². The van der Waals surface area contributed by atoms with E-state index in [1.165, 1.54) is 64.2 Å². The SMILES string of the molecule is CCCCCCCCCCCCCCC(=O)O[C@H](COC(=O)CCCCCCCCCC)COP(=O)(O)OC[C@H](O)COP(=O)(O)OC[C@@H](COC(=O)CCCC)OC(=O)CCCCC. The van der Waals surface area contributed by atoms with Crippen LogP contribution in [0.5, 0.6) is 0 Å². The van der Waals surface area contributed by atoms with Gasteiger partial charge in [-0.05, 0) is 25.7 Å². The summed E-state index contributed by atoms with van der Waals surface area (Å²) in [5.74, 6) is -2.22. The highest BCUT2D eigenvalue weighted by molar-refractivity contribution is 7.47. The van der Waals surface area contributed by atoms with Crippen molar-refractivity contribution in [2.45, 2.75) is 232 Å². The first-order chi connectivity index (χ1) is 31.2. The Bertz CT molecular complexity index is 1300. The molecule has 0 aliphatic carbocycles. The average Bonchev–Trinajstić information content (AvgIpc) is 3.27. The minimum absolute atomic E-state index is 0.0875. The fourth-order valence-corrected chi connectivity index (χ4v) is 8.01. The fraction of sp³-hybridized carbons (Fsp3) is 0.913. The molecule has 0 heterocycles. The molecule has 0 fully saturated rings. The zero-order valence-corrected chi connectivity index (χ0v) is 42.2. The van der Waals surface area contributed by atoms with Crippen molar-refractivity contribution in [1.29, 1.82) is 0 Å². The Morgan fingerprint density at radius 3 is 0.985 bits per heavy atom. The van der Waals surface area contributed by atoms with E-state index in [9.17, 15) is 43.2 Å². The van der Waals surface area contributed by atoms with Crippen LogP contribution in [0.2, 0.25) is 0 Å². The molecular formula is C46H88O17P2. The maximum atomic E-state index is 12.8. The molecule has 0 rings (SSSR count). The third kappa shape index (κ3) is 41.9. The number of hydrogen-bond donors (Lipinski definition) is 3. The molecule has 0 aliphatic heterocycles. The molecule has 65 heavy (non-hydrogen) atoms. The number of aliphatic hydroxyl groups excluding tert-OH is 1. The summed E-state index contributed by atoms with van der Waals surface area (Å²) in [6, 6.07) is 0. The van der Waals surface area contributed by atoms with Gasteiger partial charge in [0.15, 0.2) is 12.2 Å². The minimum Gasteiger partial charge on any atom is -0.462 e. The van der Waals surface area contributed by atoms with Gasteiger partial charge in [-0.3, -0.25) is 37.3 Å². The molecule has 0 bridgehead atoms. The van der Waals surface area contributed by atoms with Crippen LogP contribution in [-0.4, -0.2) is 96.7 Å². The van der Waals surface area contributed by atoms with Crippen molar-refractivity contribution in [2.75, 3.05) is 39.6 Å². The van der Waals surface area contributed by atoms with E-state index < -0.39 is 97.5 Å². The Morgan fingerprint density at radius 1 is 0.369 bits per heavy atom. The number of carbonyl (C=O) groups is 4. The van der Waals surface area contributed by atoms with Crippen LogP contribution in [0.25, 0.3) is 0 Å². The molecule has 0 aromatic heterocycles. The summed E-state index contributed by atoms with van der Waals surface area (Å²) in [7, 11) is -9.81. The Morgan fingerprint density at radius 2 is 0.631 bits per heavy atom. The standard InChI is InChI=1S/C46H88O17P2/c1-5-9-13-15-17-19-20-21-22-24-26-29-33-46(51)63-42(37-57-44(49)31-28-25-23-18-16-14-10-6-2)39-61-65(54,55)59-35-40(47)34-58-64(52,53)60-38-41(36-56-43(48)30-12-8-4)62-45(50)32-27-11-7-3/h40-42,47H,5-39H2,1-4H3,(H,52,53)(H,54,55)/t40-,41-,42-/m1/s1. The van der Waals surface area contributed by atoms with Crippen LogP contribution in [0.15, 0.2) is 0 Å². The Hall–Kier alpha value is -1.94. The molecule has 19 heteroatoms. The topological polar surface area (TPSA) is 237 Å². The van der Waals surface area contributed by atoms with Gasteiger partial charge in [-0.15, -0.1) is 0 Å². The molecule has 2 unspecified atom stereocenters. The van der Waals surface area contributed by atoms with Gasteiger partial charge in [0.25, 0.3) is 0 Å². The minimum atomic E-state index is -4.91. The molecule has 0 aromatic rings. The monoisotopic (exact) mass is 975 g/mol. The first-order valence-electron chi connectivity index (χ1n) is 24.8. The molecule has 0 amide bonds. The molecule has 0 saturated carbocycles. The van der Waals surface area contributed by atoms with E-state index in [1.54, 1.807) is 0 Å². The highest BCUT2D eigenvalue weighted by Crippen LogP contribution is 2.45. The van der Waals surface area contributed by atoms with Crippen molar-refractivity contribution < 1.29 is 80.2 Å². The smallest absolute Gasteiger partial charge is 0.462 e. The third-order valence-electron chi connectivity index (χ3n) is 10.4. The van der Waals surface area contributed by atoms with Crippen molar-refractivity contribution in [3.8, 4) is 0 Å². The Kier molecular flexibility index (Phi) is 40.9. The van der Waals surface area contributed by atoms with Gasteiger partial charge in [0.1, 0.15) is 19.3 Å². The second kappa shape index (κ2) is 42.2. The zero-order valence-electron chi connectivity index (χ0n) is 40.4. The molecule has 17 nitrogen and oxygen atoms in total. The predicted molar refractivity (Wildman–Crippen MR) is 248 cm³/mol. The summed E-state index contributed by atoms with van der Waals surface area (Å²) in [5.41, 5.74) is 0. The second-order valence-electron chi connectivity index (χ2n) is 16.8. The van der Waals surface area contributed by atoms with E-state index in [0.29, 0.717) is 25.7 Å². The van der Waals surface area contributed by atoms with Gasteiger partial charge in [-0.25, -0.2) is 9.13 Å². The van der Waals surface area contributed by atoms with Gasteiger partial charge in [0.05, 0.1) is 26.4 Å². The Labute approximate surface area is 390 Å². The van der Waals surface area contributed by atoms with Gasteiger partial charge >= 0.3 is 39.5 Å². The Balaban J connectivity index is 5.05. The van der Waals surface area contributed by atoms with E-state index in [4.69, 9.17) is 37.0 Å². The van der Waals surface area contributed by atoms with Gasteiger partial charge in [-0.1, -0.05) is 163 Å². The number of aliphatic hydroxyl groups is 1. The maximum absolute atomic E-state index is 12.8. The molecule has 3 N–H and O–H groups in total. The lowest BCUT2D eigenvalue weighted by molar-refractivity contribution is -0.161. The van der Waals surface area contributed by atoms with E-state index in [-0.39, 0.29) is 25.7 Å². The average molecular weight is 975 g/mol. The molecule has 384 valence electrons. The number of rotatable bonds is 47. The van der Waals surface area contributed by atoms with Gasteiger partial charge < -0.3 is 33.8 Å². The molecule has 0 saturated heterocycles. The van der Waals surface area contributed by atoms with Gasteiger partial charge in [0.2, 0.25) is 0 Å². The van der Waals surface area contributed by atoms with Gasteiger partial charge in [0, 0.05) is 25.7 Å². The summed E-state index contributed by atoms with van der Waals surface area (Å²) in [4.78, 5) is 70.1. The summed E-state index contributed by atoms with van der Waals surface area (Å²) in [6.45, 7) is 4.27. The molecule has 0 radical (unpaired) electrons. The van der Waals surface area contributed by atoms with Crippen LogP contribution in [0.1, 0.15) is 214 Å². The fourth-order valence-electron chi connectivity index (χ4n) is 6.43. The number of phosphoric acid groups is 2. The molecular weight excluding hydrogens is 886 g/mol. The number of hydrogen-bond acceptors (Lipinski definition) is 15. The van der Waals surface area contributed by atoms with Crippen LogP contribution in [0.3, 0.4) is 0 Å². The molecule has 5 atom stereocenters. The first-order valence-corrected chi connectivity index (χ1v) is 27.8.